The molecular formula is C14H11BrCl2F2N2. The lowest BCUT2D eigenvalue weighted by atomic mass is 9.98. The molecule has 0 saturated heterocycles. The van der Waals surface area contributed by atoms with Crippen LogP contribution in [0.3, 0.4) is 0 Å². The van der Waals surface area contributed by atoms with E-state index in [-0.39, 0.29) is 16.5 Å². The van der Waals surface area contributed by atoms with Crippen LogP contribution < -0.4 is 11.3 Å². The van der Waals surface area contributed by atoms with Crippen LogP contribution in [0, 0.1) is 11.6 Å². The molecule has 0 radical (unpaired) electrons. The van der Waals surface area contributed by atoms with Crippen molar-refractivity contribution in [2.75, 3.05) is 0 Å². The summed E-state index contributed by atoms with van der Waals surface area (Å²) in [6, 6.07) is 6.82. The first-order valence-corrected chi connectivity index (χ1v) is 7.52. The van der Waals surface area contributed by atoms with E-state index in [1.807, 2.05) is 0 Å². The molecule has 0 spiro atoms. The van der Waals surface area contributed by atoms with Gasteiger partial charge in [0, 0.05) is 15.6 Å². The van der Waals surface area contributed by atoms with Gasteiger partial charge in [0.25, 0.3) is 0 Å². The van der Waals surface area contributed by atoms with Crippen molar-refractivity contribution < 1.29 is 8.78 Å². The molecule has 0 saturated carbocycles. The molecule has 2 aromatic carbocycles. The summed E-state index contributed by atoms with van der Waals surface area (Å²) in [6.45, 7) is 0. The Morgan fingerprint density at radius 1 is 1.19 bits per heavy atom. The van der Waals surface area contributed by atoms with Crippen molar-refractivity contribution in [1.82, 2.24) is 5.43 Å². The summed E-state index contributed by atoms with van der Waals surface area (Å²) in [4.78, 5) is 0. The Bertz CT molecular complexity index is 668. The van der Waals surface area contributed by atoms with Gasteiger partial charge in [-0.3, -0.25) is 11.3 Å². The lowest BCUT2D eigenvalue weighted by Gasteiger charge is -2.19. The standard InChI is InChI=1S/C14H11BrCl2F2N2/c15-10-3-4-12(18)9(14(10)19)6-13(21-20)8-2-1-7(16)5-11(8)17/h1-5,13,21H,6,20H2. The third kappa shape index (κ3) is 3.73. The first-order chi connectivity index (χ1) is 9.93. The van der Waals surface area contributed by atoms with Gasteiger partial charge >= 0.3 is 0 Å². The molecule has 3 N–H and O–H groups in total. The van der Waals surface area contributed by atoms with Crippen LogP contribution in [0.25, 0.3) is 0 Å². The second kappa shape index (κ2) is 7.03. The van der Waals surface area contributed by atoms with Crippen LogP contribution in [0.2, 0.25) is 10.0 Å². The first kappa shape index (κ1) is 16.6. The number of rotatable bonds is 4. The maximum atomic E-state index is 14.0. The summed E-state index contributed by atoms with van der Waals surface area (Å²) < 4.78 is 28.0. The monoisotopic (exact) mass is 394 g/mol. The summed E-state index contributed by atoms with van der Waals surface area (Å²) in [6.07, 6.45) is 0.00889. The molecule has 0 aromatic heterocycles. The van der Waals surface area contributed by atoms with E-state index in [4.69, 9.17) is 29.0 Å². The average molecular weight is 396 g/mol. The van der Waals surface area contributed by atoms with Crippen molar-refractivity contribution >= 4 is 39.1 Å². The minimum atomic E-state index is -0.652. The number of halogens is 5. The van der Waals surface area contributed by atoms with Crippen LogP contribution in [0.15, 0.2) is 34.8 Å². The van der Waals surface area contributed by atoms with Crippen molar-refractivity contribution in [1.29, 1.82) is 0 Å². The van der Waals surface area contributed by atoms with Crippen LogP contribution in [0.4, 0.5) is 8.78 Å². The molecule has 1 unspecified atom stereocenters. The van der Waals surface area contributed by atoms with Crippen molar-refractivity contribution in [2.24, 2.45) is 5.84 Å². The Kier molecular flexibility index (Phi) is 5.57. The van der Waals surface area contributed by atoms with E-state index < -0.39 is 17.7 Å². The number of benzene rings is 2. The van der Waals surface area contributed by atoms with E-state index in [9.17, 15) is 8.78 Å². The fourth-order valence-electron chi connectivity index (χ4n) is 2.00. The van der Waals surface area contributed by atoms with E-state index in [0.29, 0.717) is 15.6 Å². The zero-order valence-corrected chi connectivity index (χ0v) is 13.7. The lowest BCUT2D eigenvalue weighted by Crippen LogP contribution is -2.30. The van der Waals surface area contributed by atoms with Crippen molar-refractivity contribution in [2.45, 2.75) is 12.5 Å². The first-order valence-electron chi connectivity index (χ1n) is 5.97. The van der Waals surface area contributed by atoms with E-state index >= 15 is 0 Å². The summed E-state index contributed by atoms with van der Waals surface area (Å²) in [5.74, 6) is 4.21. The Hall–Kier alpha value is -0.720. The molecular weight excluding hydrogens is 385 g/mol. The van der Waals surface area contributed by atoms with Crippen molar-refractivity contribution in [3.05, 3.63) is 67.6 Å². The summed E-state index contributed by atoms with van der Waals surface area (Å²) in [5.41, 5.74) is 3.07. The maximum absolute atomic E-state index is 14.0. The Balaban J connectivity index is 2.38. The second-order valence-corrected chi connectivity index (χ2v) is 6.11. The minimum absolute atomic E-state index is 0.00889. The van der Waals surface area contributed by atoms with Gasteiger partial charge in [-0.05, 0) is 52.2 Å². The molecule has 0 aliphatic rings. The molecule has 7 heteroatoms. The smallest absolute Gasteiger partial charge is 0.143 e. The minimum Gasteiger partial charge on any atom is -0.271 e. The van der Waals surface area contributed by atoms with E-state index in [2.05, 4.69) is 21.4 Å². The lowest BCUT2D eigenvalue weighted by molar-refractivity contribution is 0.498. The summed E-state index contributed by atoms with van der Waals surface area (Å²) in [5, 5.41) is 0.848. The number of nitrogens with one attached hydrogen (secondary N) is 1. The highest BCUT2D eigenvalue weighted by Gasteiger charge is 2.20. The highest BCUT2D eigenvalue weighted by atomic mass is 79.9. The predicted molar refractivity (Wildman–Crippen MR) is 84.3 cm³/mol. The normalized spacial score (nSPS) is 12.5. The van der Waals surface area contributed by atoms with Crippen LogP contribution in [0.1, 0.15) is 17.2 Å². The molecule has 0 aliphatic carbocycles. The fourth-order valence-corrected chi connectivity index (χ4v) is 2.91. The molecule has 0 fully saturated rings. The van der Waals surface area contributed by atoms with Gasteiger partial charge in [-0.25, -0.2) is 8.78 Å². The van der Waals surface area contributed by atoms with Gasteiger partial charge in [0.1, 0.15) is 11.6 Å². The molecule has 0 heterocycles. The summed E-state index contributed by atoms with van der Waals surface area (Å²) >= 11 is 15.0. The quantitative estimate of drug-likeness (QED) is 0.444. The van der Waals surface area contributed by atoms with Gasteiger partial charge in [-0.1, -0.05) is 29.3 Å². The van der Waals surface area contributed by atoms with Gasteiger partial charge in [-0.15, -0.1) is 0 Å². The second-order valence-electron chi connectivity index (χ2n) is 4.41. The Labute approximate surface area is 139 Å². The zero-order valence-electron chi connectivity index (χ0n) is 10.6. The van der Waals surface area contributed by atoms with Crippen molar-refractivity contribution in [3.63, 3.8) is 0 Å². The Morgan fingerprint density at radius 2 is 1.90 bits per heavy atom. The largest absolute Gasteiger partial charge is 0.271 e. The van der Waals surface area contributed by atoms with Crippen LogP contribution in [0.5, 0.6) is 0 Å². The highest BCUT2D eigenvalue weighted by Crippen LogP contribution is 2.30. The van der Waals surface area contributed by atoms with Crippen LogP contribution in [-0.2, 0) is 6.42 Å². The third-order valence-electron chi connectivity index (χ3n) is 3.09. The van der Waals surface area contributed by atoms with Crippen LogP contribution >= 0.6 is 39.1 Å². The molecule has 21 heavy (non-hydrogen) atoms. The SMILES string of the molecule is NNC(Cc1c(F)ccc(Br)c1F)c1ccc(Cl)cc1Cl. The van der Waals surface area contributed by atoms with Gasteiger partial charge in [0.2, 0.25) is 0 Å². The number of hydrogen-bond acceptors (Lipinski definition) is 2. The molecule has 1 atom stereocenters. The molecule has 0 bridgehead atoms. The topological polar surface area (TPSA) is 38.0 Å². The van der Waals surface area contributed by atoms with E-state index in [1.54, 1.807) is 18.2 Å². The molecule has 2 aromatic rings. The van der Waals surface area contributed by atoms with Crippen LogP contribution in [-0.4, -0.2) is 0 Å². The molecule has 112 valence electrons. The zero-order chi connectivity index (χ0) is 15.6. The molecule has 2 rings (SSSR count). The number of hydrazine groups is 1. The molecule has 2 nitrogen and oxygen atoms in total. The maximum Gasteiger partial charge on any atom is 0.143 e. The number of nitrogens with two attached hydrogens (primary N) is 1. The van der Waals surface area contributed by atoms with Gasteiger partial charge in [-0.2, -0.15) is 0 Å². The predicted octanol–water partition coefficient (Wildman–Crippen LogP) is 4.78. The number of hydrogen-bond donors (Lipinski definition) is 2. The van der Waals surface area contributed by atoms with Crippen molar-refractivity contribution in [3.8, 4) is 0 Å². The Morgan fingerprint density at radius 3 is 2.52 bits per heavy atom. The molecule has 0 aliphatic heterocycles. The highest BCUT2D eigenvalue weighted by molar-refractivity contribution is 9.10. The molecule has 0 amide bonds. The van der Waals surface area contributed by atoms with Gasteiger partial charge < -0.3 is 0 Å². The van der Waals surface area contributed by atoms with E-state index in [1.165, 1.54) is 12.1 Å². The van der Waals surface area contributed by atoms with Gasteiger partial charge in [0.15, 0.2) is 0 Å². The fraction of sp³-hybridized carbons (Fsp3) is 0.143. The summed E-state index contributed by atoms with van der Waals surface area (Å²) in [7, 11) is 0. The average Bonchev–Trinajstić information content (AvgIpc) is 2.44. The van der Waals surface area contributed by atoms with Gasteiger partial charge in [0.05, 0.1) is 10.5 Å². The van der Waals surface area contributed by atoms with E-state index in [0.717, 1.165) is 0 Å². The third-order valence-corrected chi connectivity index (χ3v) is 4.26.